The van der Waals surface area contributed by atoms with Crippen molar-refractivity contribution in [2.75, 3.05) is 26.3 Å². The Labute approximate surface area is 221 Å². The standard InChI is InChI=1S/C27H35N3O6S/c1-27(2,3)36-23(31)9-8-22(25(28)32)30-15-21-19(17-37-24(21)26(30)33)16-35-20-6-4-18(5-7-20)14-29-10-12-34-13-11-29/h4-7,17,22H,8-16H2,1-3H3,(H2,28,32)/t22-/m0/s1. The molecule has 0 aliphatic carbocycles. The molecular weight excluding hydrogens is 494 g/mol. The first-order chi connectivity index (χ1) is 17.6. The summed E-state index contributed by atoms with van der Waals surface area (Å²) in [7, 11) is 0. The van der Waals surface area contributed by atoms with Crippen LogP contribution < -0.4 is 10.5 Å². The van der Waals surface area contributed by atoms with Crippen molar-refractivity contribution in [2.24, 2.45) is 5.73 Å². The first kappa shape index (κ1) is 27.1. The number of ether oxygens (including phenoxy) is 3. The van der Waals surface area contributed by atoms with Gasteiger partial charge in [-0.05, 0) is 50.3 Å². The second kappa shape index (κ2) is 11.6. The zero-order valence-electron chi connectivity index (χ0n) is 21.7. The molecule has 2 aromatic rings. The van der Waals surface area contributed by atoms with Gasteiger partial charge >= 0.3 is 5.97 Å². The molecule has 2 aliphatic rings. The molecule has 0 saturated carbocycles. The predicted octanol–water partition coefficient (Wildman–Crippen LogP) is 3.09. The zero-order valence-corrected chi connectivity index (χ0v) is 22.5. The number of carbonyl (C=O) groups is 3. The van der Waals surface area contributed by atoms with E-state index in [9.17, 15) is 14.4 Å². The molecule has 0 radical (unpaired) electrons. The second-order valence-corrected chi connectivity index (χ2v) is 11.2. The number of hydrogen-bond acceptors (Lipinski definition) is 8. The number of esters is 1. The van der Waals surface area contributed by atoms with Gasteiger partial charge in [-0.25, -0.2) is 0 Å². The third-order valence-corrected chi connectivity index (χ3v) is 7.40. The number of carbonyl (C=O) groups excluding carboxylic acids is 3. The molecule has 1 saturated heterocycles. The highest BCUT2D eigenvalue weighted by Gasteiger charge is 2.38. The SMILES string of the molecule is CC(C)(C)OC(=O)CC[C@@H](C(N)=O)N1Cc2c(COc3ccc(CN4CCOCC4)cc3)csc2C1=O. The maximum absolute atomic E-state index is 13.1. The summed E-state index contributed by atoms with van der Waals surface area (Å²) in [6, 6.07) is 7.17. The monoisotopic (exact) mass is 529 g/mol. The summed E-state index contributed by atoms with van der Waals surface area (Å²) in [5.74, 6) is -0.557. The molecular formula is C27H35N3O6S. The van der Waals surface area contributed by atoms with Gasteiger partial charge in [0.05, 0.1) is 18.1 Å². The lowest BCUT2D eigenvalue weighted by molar-refractivity contribution is -0.155. The van der Waals surface area contributed by atoms with Crippen LogP contribution in [0.4, 0.5) is 0 Å². The Morgan fingerprint density at radius 3 is 2.51 bits per heavy atom. The Morgan fingerprint density at radius 1 is 1.16 bits per heavy atom. The Hall–Kier alpha value is -2.95. The number of amides is 2. The van der Waals surface area contributed by atoms with E-state index in [4.69, 9.17) is 19.9 Å². The maximum atomic E-state index is 13.1. The smallest absolute Gasteiger partial charge is 0.306 e. The van der Waals surface area contributed by atoms with Crippen molar-refractivity contribution >= 4 is 29.1 Å². The molecule has 1 aromatic carbocycles. The van der Waals surface area contributed by atoms with Gasteiger partial charge < -0.3 is 24.8 Å². The number of thiophene rings is 1. The molecule has 0 bridgehead atoms. The van der Waals surface area contributed by atoms with Crippen LogP contribution in [0.5, 0.6) is 5.75 Å². The molecule has 3 heterocycles. The van der Waals surface area contributed by atoms with Crippen LogP contribution in [-0.4, -0.2) is 65.5 Å². The van der Waals surface area contributed by atoms with E-state index < -0.39 is 23.5 Å². The highest BCUT2D eigenvalue weighted by atomic mass is 32.1. The highest BCUT2D eigenvalue weighted by Crippen LogP contribution is 2.34. The van der Waals surface area contributed by atoms with Crippen LogP contribution >= 0.6 is 11.3 Å². The van der Waals surface area contributed by atoms with Crippen molar-refractivity contribution in [3.05, 3.63) is 51.2 Å². The molecule has 2 amide bonds. The first-order valence-corrected chi connectivity index (χ1v) is 13.4. The van der Waals surface area contributed by atoms with Gasteiger partial charge in [0.25, 0.3) is 5.91 Å². The third-order valence-electron chi connectivity index (χ3n) is 6.34. The number of primary amides is 1. The quantitative estimate of drug-likeness (QED) is 0.471. The molecule has 4 rings (SSSR count). The van der Waals surface area contributed by atoms with E-state index >= 15 is 0 Å². The van der Waals surface area contributed by atoms with Crippen molar-refractivity contribution in [1.29, 1.82) is 0 Å². The van der Waals surface area contributed by atoms with E-state index in [2.05, 4.69) is 17.0 Å². The number of nitrogens with two attached hydrogens (primary N) is 1. The summed E-state index contributed by atoms with van der Waals surface area (Å²) in [5.41, 5.74) is 7.98. The van der Waals surface area contributed by atoms with Gasteiger partial charge in [-0.3, -0.25) is 19.3 Å². The summed E-state index contributed by atoms with van der Waals surface area (Å²) < 4.78 is 16.7. The Balaban J connectivity index is 1.34. The summed E-state index contributed by atoms with van der Waals surface area (Å²) in [6.45, 7) is 10.2. The van der Waals surface area contributed by atoms with Gasteiger partial charge in [0.2, 0.25) is 5.91 Å². The summed E-state index contributed by atoms with van der Waals surface area (Å²) in [4.78, 5) is 41.8. The van der Waals surface area contributed by atoms with E-state index in [0.29, 0.717) is 11.5 Å². The first-order valence-electron chi connectivity index (χ1n) is 12.5. The van der Waals surface area contributed by atoms with Crippen LogP contribution in [0.1, 0.15) is 60.0 Å². The number of morpholine rings is 1. The lowest BCUT2D eigenvalue weighted by atomic mass is 10.1. The Bertz CT molecular complexity index is 1120. The van der Waals surface area contributed by atoms with Gasteiger partial charge in [0.15, 0.2) is 0 Å². The van der Waals surface area contributed by atoms with E-state index in [-0.39, 0.29) is 25.3 Å². The summed E-state index contributed by atoms with van der Waals surface area (Å²) in [5, 5.41) is 1.92. The van der Waals surface area contributed by atoms with E-state index in [1.165, 1.54) is 21.8 Å². The minimum atomic E-state index is -0.882. The van der Waals surface area contributed by atoms with Crippen LogP contribution in [0.25, 0.3) is 0 Å². The lowest BCUT2D eigenvalue weighted by Gasteiger charge is -2.26. The molecule has 0 unspecified atom stereocenters. The van der Waals surface area contributed by atoms with E-state index in [1.54, 1.807) is 20.8 Å². The molecule has 9 nitrogen and oxygen atoms in total. The molecule has 200 valence electrons. The minimum absolute atomic E-state index is 0.000192. The van der Waals surface area contributed by atoms with Crippen LogP contribution in [-0.2, 0) is 38.8 Å². The second-order valence-electron chi connectivity index (χ2n) is 10.4. The molecule has 37 heavy (non-hydrogen) atoms. The van der Waals surface area contributed by atoms with Crippen LogP contribution in [0, 0.1) is 0 Å². The average molecular weight is 530 g/mol. The molecule has 2 aliphatic heterocycles. The molecule has 1 aromatic heterocycles. The van der Waals surface area contributed by atoms with Crippen LogP contribution in [0.3, 0.4) is 0 Å². The highest BCUT2D eigenvalue weighted by molar-refractivity contribution is 7.12. The number of fused-ring (bicyclic) bond motifs is 1. The normalized spacial score (nSPS) is 16.9. The number of hydrogen-bond donors (Lipinski definition) is 1. The number of benzene rings is 1. The molecule has 0 spiro atoms. The minimum Gasteiger partial charge on any atom is -0.489 e. The zero-order chi connectivity index (χ0) is 26.6. The summed E-state index contributed by atoms with van der Waals surface area (Å²) >= 11 is 1.34. The van der Waals surface area contributed by atoms with Gasteiger partial charge in [-0.15, -0.1) is 11.3 Å². The Kier molecular flexibility index (Phi) is 8.51. The Morgan fingerprint density at radius 2 is 1.86 bits per heavy atom. The fourth-order valence-corrected chi connectivity index (χ4v) is 5.51. The molecule has 2 N–H and O–H groups in total. The fourth-order valence-electron chi connectivity index (χ4n) is 4.48. The maximum Gasteiger partial charge on any atom is 0.306 e. The predicted molar refractivity (Wildman–Crippen MR) is 139 cm³/mol. The number of nitrogens with zero attached hydrogens (tertiary/aromatic N) is 2. The van der Waals surface area contributed by atoms with Crippen LogP contribution in [0.2, 0.25) is 0 Å². The molecule has 10 heteroatoms. The van der Waals surface area contributed by atoms with Crippen molar-refractivity contribution < 1.29 is 28.6 Å². The van der Waals surface area contributed by atoms with E-state index in [0.717, 1.165) is 49.7 Å². The van der Waals surface area contributed by atoms with Gasteiger partial charge in [0.1, 0.15) is 24.0 Å². The van der Waals surface area contributed by atoms with Gasteiger partial charge in [0, 0.05) is 43.7 Å². The van der Waals surface area contributed by atoms with Crippen molar-refractivity contribution in [1.82, 2.24) is 9.80 Å². The largest absolute Gasteiger partial charge is 0.489 e. The van der Waals surface area contributed by atoms with Crippen molar-refractivity contribution in [2.45, 2.75) is 65.0 Å². The molecule has 1 fully saturated rings. The third kappa shape index (κ3) is 7.09. The summed E-state index contributed by atoms with van der Waals surface area (Å²) in [6.07, 6.45) is 0.118. The average Bonchev–Trinajstić information content (AvgIpc) is 3.38. The van der Waals surface area contributed by atoms with Gasteiger partial charge in [-0.1, -0.05) is 12.1 Å². The topological polar surface area (TPSA) is 111 Å². The van der Waals surface area contributed by atoms with Crippen molar-refractivity contribution in [3.8, 4) is 5.75 Å². The van der Waals surface area contributed by atoms with Gasteiger partial charge in [-0.2, -0.15) is 0 Å². The molecule has 1 atom stereocenters. The number of rotatable bonds is 10. The van der Waals surface area contributed by atoms with Crippen molar-refractivity contribution in [3.63, 3.8) is 0 Å². The lowest BCUT2D eigenvalue weighted by Crippen LogP contribution is -2.45. The van der Waals surface area contributed by atoms with E-state index in [1.807, 2.05) is 17.5 Å². The fraction of sp³-hybridized carbons (Fsp3) is 0.519. The van der Waals surface area contributed by atoms with Crippen LogP contribution in [0.15, 0.2) is 29.6 Å².